The predicted molar refractivity (Wildman–Crippen MR) is 112 cm³/mol. The molecular formula is C23H20N2OS. The highest BCUT2D eigenvalue weighted by Crippen LogP contribution is 2.28. The molecule has 0 spiro atoms. The summed E-state index contributed by atoms with van der Waals surface area (Å²) in [5, 5.41) is 0. The normalized spacial score (nSPS) is 10.7. The van der Waals surface area contributed by atoms with Crippen LogP contribution in [0.3, 0.4) is 0 Å². The van der Waals surface area contributed by atoms with Crippen LogP contribution in [0.15, 0.2) is 66.7 Å². The Bertz CT molecular complexity index is 983. The zero-order valence-electron chi connectivity index (χ0n) is 15.1. The summed E-state index contributed by atoms with van der Waals surface area (Å²) < 4.78 is 0. The van der Waals surface area contributed by atoms with Gasteiger partial charge in [0.1, 0.15) is 0 Å². The Morgan fingerprint density at radius 1 is 1.15 bits per heavy atom. The molecule has 3 rings (SSSR count). The minimum Gasteiger partial charge on any atom is -0.322 e. The third-order valence-electron chi connectivity index (χ3n) is 3.97. The van der Waals surface area contributed by atoms with Crippen LogP contribution in [0, 0.1) is 19.3 Å². The second-order valence-corrected chi connectivity index (χ2v) is 7.19. The number of benzene rings is 1. The Kier molecular flexibility index (Phi) is 6.19. The predicted octanol–water partition coefficient (Wildman–Crippen LogP) is 4.79. The van der Waals surface area contributed by atoms with Gasteiger partial charge in [-0.05, 0) is 42.8 Å². The molecule has 27 heavy (non-hydrogen) atoms. The smallest absolute Gasteiger partial charge is 0.247 e. The second kappa shape index (κ2) is 8.98. The highest BCUT2D eigenvalue weighted by molar-refractivity contribution is 7.16. The largest absolute Gasteiger partial charge is 0.322 e. The van der Waals surface area contributed by atoms with Gasteiger partial charge in [0.2, 0.25) is 5.91 Å². The molecule has 1 amide bonds. The maximum absolute atomic E-state index is 12.6. The third kappa shape index (κ3) is 5.16. The van der Waals surface area contributed by atoms with E-state index in [1.807, 2.05) is 55.5 Å². The Morgan fingerprint density at radius 3 is 2.70 bits per heavy atom. The average Bonchev–Trinajstić information content (AvgIpc) is 3.16. The number of hydrogen-bond acceptors (Lipinski definition) is 3. The number of hydrogen-bond donors (Lipinski definition) is 0. The first-order valence-electron chi connectivity index (χ1n) is 8.64. The third-order valence-corrected chi connectivity index (χ3v) is 5.07. The van der Waals surface area contributed by atoms with Gasteiger partial charge in [-0.3, -0.25) is 9.78 Å². The summed E-state index contributed by atoms with van der Waals surface area (Å²) in [5.74, 6) is 2.43. The lowest BCUT2D eigenvalue weighted by atomic mass is 10.2. The van der Waals surface area contributed by atoms with E-state index in [-0.39, 0.29) is 12.5 Å². The SMILES string of the molecule is C#CCN(Cc1cccc(C)n1)C(=O)/C=C\c1ccc(-c2ccccc2)s1. The summed E-state index contributed by atoms with van der Waals surface area (Å²) in [6.07, 6.45) is 8.86. The first-order valence-corrected chi connectivity index (χ1v) is 9.45. The lowest BCUT2D eigenvalue weighted by molar-refractivity contribution is -0.125. The van der Waals surface area contributed by atoms with E-state index >= 15 is 0 Å². The molecule has 0 aliphatic rings. The summed E-state index contributed by atoms with van der Waals surface area (Å²) in [6.45, 7) is 2.57. The minimum absolute atomic E-state index is 0.120. The molecule has 0 saturated carbocycles. The molecule has 3 aromatic rings. The number of thiophene rings is 1. The fraction of sp³-hybridized carbons (Fsp3) is 0.130. The van der Waals surface area contributed by atoms with Crippen LogP contribution in [-0.4, -0.2) is 22.3 Å². The van der Waals surface area contributed by atoms with Crippen molar-refractivity contribution in [3.05, 3.63) is 83.0 Å². The number of pyridine rings is 1. The van der Waals surface area contributed by atoms with Gasteiger partial charge in [-0.2, -0.15) is 0 Å². The zero-order valence-corrected chi connectivity index (χ0v) is 15.9. The molecule has 2 heterocycles. The maximum Gasteiger partial charge on any atom is 0.247 e. The molecule has 0 bridgehead atoms. The maximum atomic E-state index is 12.6. The van der Waals surface area contributed by atoms with Crippen molar-refractivity contribution in [2.75, 3.05) is 6.54 Å². The lowest BCUT2D eigenvalue weighted by Crippen LogP contribution is -2.29. The van der Waals surface area contributed by atoms with Crippen LogP contribution in [0.25, 0.3) is 16.5 Å². The Balaban J connectivity index is 1.70. The van der Waals surface area contributed by atoms with Crippen LogP contribution in [0.4, 0.5) is 0 Å². The van der Waals surface area contributed by atoms with Gasteiger partial charge in [-0.1, -0.05) is 42.3 Å². The summed E-state index contributed by atoms with van der Waals surface area (Å²) >= 11 is 1.65. The van der Waals surface area contributed by atoms with Gasteiger partial charge in [-0.15, -0.1) is 17.8 Å². The molecule has 4 heteroatoms. The number of carbonyl (C=O) groups excluding carboxylic acids is 1. The van der Waals surface area contributed by atoms with E-state index in [9.17, 15) is 4.79 Å². The van der Waals surface area contributed by atoms with Crippen molar-refractivity contribution in [2.45, 2.75) is 13.5 Å². The van der Waals surface area contributed by atoms with Gasteiger partial charge >= 0.3 is 0 Å². The number of amides is 1. The minimum atomic E-state index is -0.120. The van der Waals surface area contributed by atoms with Crippen molar-refractivity contribution in [1.82, 2.24) is 9.88 Å². The summed E-state index contributed by atoms with van der Waals surface area (Å²) in [4.78, 5) is 20.9. The monoisotopic (exact) mass is 372 g/mol. The van der Waals surface area contributed by atoms with Crippen molar-refractivity contribution in [1.29, 1.82) is 0 Å². The Hall–Kier alpha value is -3.16. The standard InChI is InChI=1S/C23H20N2OS/c1-3-16-25(17-20-11-7-8-18(2)24-20)23(26)15-13-21-12-14-22(27-21)19-9-5-4-6-10-19/h1,4-15H,16-17H2,2H3/b15-13-. The fourth-order valence-corrected chi connectivity index (χ4v) is 3.58. The molecule has 0 radical (unpaired) electrons. The van der Waals surface area contributed by atoms with Crippen molar-refractivity contribution in [2.24, 2.45) is 0 Å². The summed E-state index contributed by atoms with van der Waals surface area (Å²) in [7, 11) is 0. The number of aromatic nitrogens is 1. The molecule has 1 aromatic carbocycles. The molecule has 0 aliphatic heterocycles. The van der Waals surface area contributed by atoms with Crippen LogP contribution in [0.5, 0.6) is 0 Å². The van der Waals surface area contributed by atoms with E-state index < -0.39 is 0 Å². The van der Waals surface area contributed by atoms with Crippen molar-refractivity contribution in [3.63, 3.8) is 0 Å². The quantitative estimate of drug-likeness (QED) is 0.460. The van der Waals surface area contributed by atoms with Gasteiger partial charge in [0, 0.05) is 21.5 Å². The van der Waals surface area contributed by atoms with Crippen LogP contribution < -0.4 is 0 Å². The number of terminal acetylenes is 1. The van der Waals surface area contributed by atoms with E-state index in [0.717, 1.165) is 16.3 Å². The Morgan fingerprint density at radius 2 is 1.96 bits per heavy atom. The fourth-order valence-electron chi connectivity index (χ4n) is 2.66. The molecule has 0 N–H and O–H groups in total. The van der Waals surface area contributed by atoms with Gasteiger partial charge in [0.05, 0.1) is 18.8 Å². The molecule has 0 saturated heterocycles. The van der Waals surface area contributed by atoms with Gasteiger partial charge in [0.15, 0.2) is 0 Å². The highest BCUT2D eigenvalue weighted by atomic mass is 32.1. The lowest BCUT2D eigenvalue weighted by Gasteiger charge is -2.18. The van der Waals surface area contributed by atoms with Crippen LogP contribution in [0.2, 0.25) is 0 Å². The number of carbonyl (C=O) groups is 1. The van der Waals surface area contributed by atoms with E-state index in [4.69, 9.17) is 6.42 Å². The van der Waals surface area contributed by atoms with Crippen LogP contribution >= 0.6 is 11.3 Å². The second-order valence-electron chi connectivity index (χ2n) is 6.07. The highest BCUT2D eigenvalue weighted by Gasteiger charge is 2.11. The zero-order chi connectivity index (χ0) is 19.1. The first kappa shape index (κ1) is 18.6. The molecule has 2 aromatic heterocycles. The summed E-state index contributed by atoms with van der Waals surface area (Å²) in [5.41, 5.74) is 2.92. The number of rotatable bonds is 6. The molecule has 0 aliphatic carbocycles. The first-order chi connectivity index (χ1) is 13.2. The molecule has 134 valence electrons. The van der Waals surface area contributed by atoms with Crippen LogP contribution in [-0.2, 0) is 11.3 Å². The van der Waals surface area contributed by atoms with Gasteiger partial charge < -0.3 is 4.90 Å². The average molecular weight is 372 g/mol. The van der Waals surface area contributed by atoms with Gasteiger partial charge in [-0.25, -0.2) is 0 Å². The number of aryl methyl sites for hydroxylation is 1. The van der Waals surface area contributed by atoms with Crippen molar-refractivity contribution >= 4 is 23.3 Å². The van der Waals surface area contributed by atoms with Crippen molar-refractivity contribution < 1.29 is 4.79 Å². The number of nitrogens with zero attached hydrogens (tertiary/aromatic N) is 2. The van der Waals surface area contributed by atoms with E-state index in [0.29, 0.717) is 6.54 Å². The van der Waals surface area contributed by atoms with Crippen molar-refractivity contribution in [3.8, 4) is 22.8 Å². The molecule has 0 fully saturated rings. The molecule has 3 nitrogen and oxygen atoms in total. The molecule has 0 atom stereocenters. The van der Waals surface area contributed by atoms with E-state index in [2.05, 4.69) is 29.1 Å². The summed E-state index contributed by atoms with van der Waals surface area (Å²) in [6, 6.07) is 20.0. The van der Waals surface area contributed by atoms with E-state index in [1.165, 1.54) is 10.4 Å². The van der Waals surface area contributed by atoms with Gasteiger partial charge in [0.25, 0.3) is 0 Å². The van der Waals surface area contributed by atoms with Crippen LogP contribution in [0.1, 0.15) is 16.3 Å². The Labute approximate surface area is 164 Å². The molecular weight excluding hydrogens is 352 g/mol. The topological polar surface area (TPSA) is 33.2 Å². The molecule has 0 unspecified atom stereocenters. The van der Waals surface area contributed by atoms with E-state index in [1.54, 1.807) is 22.3 Å².